The molecule has 2 aromatic rings. The van der Waals surface area contributed by atoms with Crippen LogP contribution in [0.1, 0.15) is 39.0 Å². The number of unbranched alkanes of at least 4 members (excludes halogenated alkanes) is 4. The lowest BCUT2D eigenvalue weighted by Gasteiger charge is -2.27. The van der Waals surface area contributed by atoms with E-state index in [1.807, 2.05) is 36.4 Å². The SMILES string of the molecule is CCCCCCCS(=O)(=O)N(CCOCCN)c1ccccc1NCCOc1ccc(Cl)cc1. The van der Waals surface area contributed by atoms with Crippen LogP contribution in [0, 0.1) is 0 Å². The van der Waals surface area contributed by atoms with E-state index in [0.717, 1.165) is 37.1 Å². The molecular weight excluding hydrogens is 474 g/mol. The van der Waals surface area contributed by atoms with Gasteiger partial charge in [-0.2, -0.15) is 0 Å². The van der Waals surface area contributed by atoms with Gasteiger partial charge in [0.05, 0.1) is 36.9 Å². The van der Waals surface area contributed by atoms with Gasteiger partial charge in [-0.3, -0.25) is 4.31 Å². The van der Waals surface area contributed by atoms with Crippen LogP contribution in [0.15, 0.2) is 48.5 Å². The predicted molar refractivity (Wildman–Crippen MR) is 142 cm³/mol. The Hall–Kier alpha value is -2.00. The molecule has 0 spiro atoms. The highest BCUT2D eigenvalue weighted by Gasteiger charge is 2.24. The van der Waals surface area contributed by atoms with Crippen LogP contribution in [0.2, 0.25) is 5.02 Å². The van der Waals surface area contributed by atoms with Gasteiger partial charge in [-0.25, -0.2) is 8.42 Å². The van der Waals surface area contributed by atoms with E-state index in [1.165, 1.54) is 4.31 Å². The normalized spacial score (nSPS) is 11.4. The molecule has 0 aliphatic heterocycles. The van der Waals surface area contributed by atoms with Crippen molar-refractivity contribution < 1.29 is 17.9 Å². The number of ether oxygens (including phenoxy) is 2. The molecule has 0 aliphatic rings. The molecule has 0 saturated heterocycles. The zero-order valence-corrected chi connectivity index (χ0v) is 21.6. The number of hydrogen-bond acceptors (Lipinski definition) is 6. The van der Waals surface area contributed by atoms with Gasteiger partial charge >= 0.3 is 0 Å². The molecule has 0 heterocycles. The Morgan fingerprint density at radius 3 is 2.44 bits per heavy atom. The predicted octanol–water partition coefficient (Wildman–Crippen LogP) is 4.91. The van der Waals surface area contributed by atoms with Gasteiger partial charge in [0.2, 0.25) is 10.0 Å². The van der Waals surface area contributed by atoms with Crippen molar-refractivity contribution >= 4 is 33.0 Å². The third kappa shape index (κ3) is 10.1. The maximum atomic E-state index is 13.3. The first-order valence-electron chi connectivity index (χ1n) is 12.0. The third-order valence-electron chi connectivity index (χ3n) is 5.22. The molecule has 7 nitrogen and oxygen atoms in total. The number of halogens is 1. The molecule has 0 atom stereocenters. The first-order valence-corrected chi connectivity index (χ1v) is 14.0. The fraction of sp³-hybridized carbons (Fsp3) is 0.520. The van der Waals surface area contributed by atoms with Crippen LogP contribution >= 0.6 is 11.6 Å². The Kier molecular flexibility index (Phi) is 13.1. The lowest BCUT2D eigenvalue weighted by atomic mass is 10.2. The van der Waals surface area contributed by atoms with E-state index in [-0.39, 0.29) is 18.9 Å². The van der Waals surface area contributed by atoms with Gasteiger partial charge in [0, 0.05) is 18.1 Å². The van der Waals surface area contributed by atoms with Crippen molar-refractivity contribution in [2.45, 2.75) is 39.0 Å². The molecule has 0 saturated carbocycles. The summed E-state index contributed by atoms with van der Waals surface area (Å²) in [5, 5.41) is 3.97. The van der Waals surface area contributed by atoms with Gasteiger partial charge in [-0.05, 0) is 42.8 Å². The summed E-state index contributed by atoms with van der Waals surface area (Å²) in [4.78, 5) is 0. The summed E-state index contributed by atoms with van der Waals surface area (Å²) in [6, 6.07) is 14.6. The molecule has 0 aromatic heterocycles. The molecule has 0 amide bonds. The fourth-order valence-corrected chi connectivity index (χ4v) is 5.19. The molecule has 2 aromatic carbocycles. The third-order valence-corrected chi connectivity index (χ3v) is 7.32. The maximum absolute atomic E-state index is 13.3. The standard InChI is InChI=1S/C25H38ClN3O4S/c1-2-3-4-5-8-21-34(30,31)29(17-20-32-18-15-27)25-10-7-6-9-24(25)28-16-19-33-23-13-11-22(26)12-14-23/h6-7,9-14,28H,2-5,8,15-21,27H2,1H3. The summed E-state index contributed by atoms with van der Waals surface area (Å²) < 4.78 is 39.3. The highest BCUT2D eigenvalue weighted by Crippen LogP contribution is 2.28. The van der Waals surface area contributed by atoms with Gasteiger partial charge in [-0.1, -0.05) is 56.3 Å². The van der Waals surface area contributed by atoms with Crippen LogP contribution in [0.4, 0.5) is 11.4 Å². The zero-order chi connectivity index (χ0) is 24.7. The summed E-state index contributed by atoms with van der Waals surface area (Å²) >= 11 is 5.91. The van der Waals surface area contributed by atoms with Crippen LogP contribution in [-0.2, 0) is 14.8 Å². The molecule has 0 radical (unpaired) electrons. The second-order valence-corrected chi connectivity index (χ2v) is 10.4. The van der Waals surface area contributed by atoms with Gasteiger partial charge < -0.3 is 20.5 Å². The van der Waals surface area contributed by atoms with Gasteiger partial charge in [0.15, 0.2) is 0 Å². The molecule has 190 valence electrons. The first-order chi connectivity index (χ1) is 16.5. The summed E-state index contributed by atoms with van der Waals surface area (Å²) in [7, 11) is -3.51. The van der Waals surface area contributed by atoms with Crippen LogP contribution in [-0.4, -0.2) is 53.6 Å². The minimum absolute atomic E-state index is 0.113. The van der Waals surface area contributed by atoms with E-state index in [0.29, 0.717) is 43.4 Å². The number of nitrogens with one attached hydrogen (secondary N) is 1. The highest BCUT2D eigenvalue weighted by atomic mass is 35.5. The molecule has 3 N–H and O–H groups in total. The van der Waals surface area contributed by atoms with E-state index in [2.05, 4.69) is 12.2 Å². The maximum Gasteiger partial charge on any atom is 0.235 e. The number of anilines is 2. The molecule has 0 fully saturated rings. The van der Waals surface area contributed by atoms with E-state index in [4.69, 9.17) is 26.8 Å². The number of nitrogens with zero attached hydrogens (tertiary/aromatic N) is 1. The average molecular weight is 512 g/mol. The van der Waals surface area contributed by atoms with Crippen LogP contribution in [0.25, 0.3) is 0 Å². The van der Waals surface area contributed by atoms with Gasteiger partial charge in [-0.15, -0.1) is 0 Å². The summed E-state index contributed by atoms with van der Waals surface area (Å²) in [5.74, 6) is 0.838. The molecule has 0 unspecified atom stereocenters. The van der Waals surface area contributed by atoms with Crippen LogP contribution in [0.3, 0.4) is 0 Å². The van der Waals surface area contributed by atoms with Crippen molar-refractivity contribution in [3.05, 3.63) is 53.6 Å². The topological polar surface area (TPSA) is 93.9 Å². The number of sulfonamides is 1. The van der Waals surface area contributed by atoms with Crippen molar-refractivity contribution in [3.63, 3.8) is 0 Å². The summed E-state index contributed by atoms with van der Waals surface area (Å²) in [6.07, 6.45) is 4.86. The van der Waals surface area contributed by atoms with E-state index in [9.17, 15) is 8.42 Å². The zero-order valence-electron chi connectivity index (χ0n) is 20.0. The fourth-order valence-electron chi connectivity index (χ4n) is 3.47. The molecule has 0 bridgehead atoms. The number of benzene rings is 2. The van der Waals surface area contributed by atoms with Crippen molar-refractivity contribution in [1.29, 1.82) is 0 Å². The lowest BCUT2D eigenvalue weighted by molar-refractivity contribution is 0.150. The number of rotatable bonds is 18. The van der Waals surface area contributed by atoms with Crippen molar-refractivity contribution in [3.8, 4) is 5.75 Å². The Bertz CT molecular complexity index is 926. The molecule has 0 aliphatic carbocycles. The Balaban J connectivity index is 2.05. The van der Waals surface area contributed by atoms with Gasteiger partial charge in [0.25, 0.3) is 0 Å². The monoisotopic (exact) mass is 511 g/mol. The quantitative estimate of drug-likeness (QED) is 0.276. The van der Waals surface area contributed by atoms with Crippen LogP contribution in [0.5, 0.6) is 5.75 Å². The Morgan fingerprint density at radius 2 is 1.71 bits per heavy atom. The number of nitrogens with two attached hydrogens (primary N) is 1. The smallest absolute Gasteiger partial charge is 0.235 e. The van der Waals surface area contributed by atoms with Crippen molar-refractivity contribution in [1.82, 2.24) is 0 Å². The second-order valence-electron chi connectivity index (χ2n) is 7.95. The van der Waals surface area contributed by atoms with Gasteiger partial charge in [0.1, 0.15) is 12.4 Å². The Morgan fingerprint density at radius 1 is 0.971 bits per heavy atom. The number of para-hydroxylation sites is 2. The molecular formula is C25H38ClN3O4S. The molecule has 9 heteroatoms. The minimum Gasteiger partial charge on any atom is -0.492 e. The van der Waals surface area contributed by atoms with E-state index >= 15 is 0 Å². The molecule has 2 rings (SSSR count). The molecule has 34 heavy (non-hydrogen) atoms. The lowest BCUT2D eigenvalue weighted by Crippen LogP contribution is -2.36. The highest BCUT2D eigenvalue weighted by molar-refractivity contribution is 7.92. The van der Waals surface area contributed by atoms with Crippen molar-refractivity contribution in [2.24, 2.45) is 5.73 Å². The largest absolute Gasteiger partial charge is 0.492 e. The average Bonchev–Trinajstić information content (AvgIpc) is 2.83. The van der Waals surface area contributed by atoms with Crippen molar-refractivity contribution in [2.75, 3.05) is 54.8 Å². The second kappa shape index (κ2) is 15.8. The number of hydrogen-bond donors (Lipinski definition) is 2. The van der Waals surface area contributed by atoms with Crippen LogP contribution < -0.4 is 20.1 Å². The first kappa shape index (κ1) is 28.2. The minimum atomic E-state index is -3.51. The Labute approximate surface area is 209 Å². The summed E-state index contributed by atoms with van der Waals surface area (Å²) in [5.41, 5.74) is 6.85. The summed E-state index contributed by atoms with van der Waals surface area (Å²) in [6.45, 7) is 4.37. The van der Waals surface area contributed by atoms with E-state index < -0.39 is 10.0 Å². The van der Waals surface area contributed by atoms with E-state index in [1.54, 1.807) is 12.1 Å².